The first-order chi connectivity index (χ1) is 10.1. The van der Waals surface area contributed by atoms with Crippen molar-refractivity contribution < 1.29 is 0 Å². The maximum absolute atomic E-state index is 5.72. The van der Waals surface area contributed by atoms with Gasteiger partial charge in [-0.25, -0.2) is 0 Å². The second kappa shape index (κ2) is 7.74. The van der Waals surface area contributed by atoms with Crippen LogP contribution >= 0.6 is 15.9 Å². The standard InChI is InChI=1S/C18H23BrN2/c1-13(2)16-7-3-14(4-8-16)11-18(21-20)12-15-5-9-17(19)10-6-15/h3-10,13,18,21H,11-12,20H2,1-2H3. The Labute approximate surface area is 135 Å². The van der Waals surface area contributed by atoms with E-state index in [1.54, 1.807) is 0 Å². The van der Waals surface area contributed by atoms with Crippen LogP contribution in [0.15, 0.2) is 53.0 Å². The van der Waals surface area contributed by atoms with Crippen LogP contribution in [0, 0.1) is 0 Å². The molecule has 3 N–H and O–H groups in total. The molecule has 0 saturated carbocycles. The summed E-state index contributed by atoms with van der Waals surface area (Å²) in [6.45, 7) is 4.43. The molecule has 0 fully saturated rings. The molecule has 112 valence electrons. The lowest BCUT2D eigenvalue weighted by atomic mass is 9.96. The van der Waals surface area contributed by atoms with Crippen molar-refractivity contribution in [2.75, 3.05) is 0 Å². The van der Waals surface area contributed by atoms with Gasteiger partial charge in [0.15, 0.2) is 0 Å². The van der Waals surface area contributed by atoms with Gasteiger partial charge in [-0.2, -0.15) is 0 Å². The molecule has 0 amide bonds. The summed E-state index contributed by atoms with van der Waals surface area (Å²) < 4.78 is 1.10. The summed E-state index contributed by atoms with van der Waals surface area (Å²) in [6.07, 6.45) is 1.86. The third-order valence-electron chi connectivity index (χ3n) is 3.76. The molecule has 0 saturated heterocycles. The molecule has 2 nitrogen and oxygen atoms in total. The average molecular weight is 347 g/mol. The van der Waals surface area contributed by atoms with Gasteiger partial charge in [-0.1, -0.05) is 66.2 Å². The van der Waals surface area contributed by atoms with Crippen LogP contribution in [0.1, 0.15) is 36.5 Å². The van der Waals surface area contributed by atoms with E-state index in [-0.39, 0.29) is 6.04 Å². The number of hydrogen-bond donors (Lipinski definition) is 2. The summed E-state index contributed by atoms with van der Waals surface area (Å²) >= 11 is 3.46. The van der Waals surface area contributed by atoms with E-state index in [1.165, 1.54) is 16.7 Å². The molecule has 0 heterocycles. The summed E-state index contributed by atoms with van der Waals surface area (Å²) in [5.74, 6) is 6.29. The topological polar surface area (TPSA) is 38.0 Å². The van der Waals surface area contributed by atoms with Crippen molar-refractivity contribution in [1.82, 2.24) is 5.43 Å². The number of nitrogens with one attached hydrogen (secondary N) is 1. The fourth-order valence-electron chi connectivity index (χ4n) is 2.42. The van der Waals surface area contributed by atoms with Gasteiger partial charge in [-0.15, -0.1) is 0 Å². The van der Waals surface area contributed by atoms with Gasteiger partial charge < -0.3 is 0 Å². The van der Waals surface area contributed by atoms with Gasteiger partial charge in [-0.05, 0) is 47.6 Å². The first-order valence-corrected chi connectivity index (χ1v) is 8.17. The quantitative estimate of drug-likeness (QED) is 0.607. The van der Waals surface area contributed by atoms with Crippen molar-refractivity contribution in [3.05, 3.63) is 69.7 Å². The Kier molecular flexibility index (Phi) is 5.97. The SMILES string of the molecule is CC(C)c1ccc(CC(Cc2ccc(Br)cc2)NN)cc1. The largest absolute Gasteiger partial charge is 0.271 e. The third kappa shape index (κ3) is 4.95. The predicted octanol–water partition coefficient (Wildman–Crippen LogP) is 4.19. The number of hydrazine groups is 1. The number of hydrogen-bond acceptors (Lipinski definition) is 2. The van der Waals surface area contributed by atoms with Gasteiger partial charge in [0.1, 0.15) is 0 Å². The van der Waals surface area contributed by atoms with Crippen LogP contribution in [0.3, 0.4) is 0 Å². The van der Waals surface area contributed by atoms with Crippen molar-refractivity contribution in [1.29, 1.82) is 0 Å². The Morgan fingerprint density at radius 1 is 0.905 bits per heavy atom. The molecular weight excluding hydrogens is 324 g/mol. The molecule has 0 aliphatic rings. The molecular formula is C18H23BrN2. The highest BCUT2D eigenvalue weighted by Gasteiger charge is 2.09. The minimum atomic E-state index is 0.246. The molecule has 1 atom stereocenters. The van der Waals surface area contributed by atoms with E-state index in [0.29, 0.717) is 5.92 Å². The van der Waals surface area contributed by atoms with Crippen LogP contribution in [0.5, 0.6) is 0 Å². The Morgan fingerprint density at radius 2 is 1.38 bits per heavy atom. The van der Waals surface area contributed by atoms with Gasteiger partial charge in [-0.3, -0.25) is 11.3 Å². The summed E-state index contributed by atoms with van der Waals surface area (Å²) in [4.78, 5) is 0. The molecule has 2 rings (SSSR count). The van der Waals surface area contributed by atoms with E-state index in [2.05, 4.69) is 83.7 Å². The zero-order valence-electron chi connectivity index (χ0n) is 12.6. The van der Waals surface area contributed by atoms with Gasteiger partial charge >= 0.3 is 0 Å². The lowest BCUT2D eigenvalue weighted by Crippen LogP contribution is -2.38. The van der Waals surface area contributed by atoms with Crippen molar-refractivity contribution >= 4 is 15.9 Å². The van der Waals surface area contributed by atoms with Crippen LogP contribution in [-0.4, -0.2) is 6.04 Å². The second-order valence-electron chi connectivity index (χ2n) is 5.79. The first-order valence-electron chi connectivity index (χ1n) is 7.38. The molecule has 3 heteroatoms. The van der Waals surface area contributed by atoms with E-state index < -0.39 is 0 Å². The van der Waals surface area contributed by atoms with Gasteiger partial charge in [0.05, 0.1) is 0 Å². The molecule has 0 aliphatic heterocycles. The zero-order chi connectivity index (χ0) is 15.2. The Morgan fingerprint density at radius 3 is 1.81 bits per heavy atom. The number of rotatable bonds is 6. The normalized spacial score (nSPS) is 12.6. The summed E-state index contributed by atoms with van der Waals surface area (Å²) in [5, 5.41) is 0. The van der Waals surface area contributed by atoms with E-state index in [9.17, 15) is 0 Å². The van der Waals surface area contributed by atoms with Crippen LogP contribution in [0.4, 0.5) is 0 Å². The fraction of sp³-hybridized carbons (Fsp3) is 0.333. The minimum Gasteiger partial charge on any atom is -0.271 e. The first kappa shape index (κ1) is 16.2. The summed E-state index contributed by atoms with van der Waals surface area (Å²) in [5.41, 5.74) is 6.93. The lowest BCUT2D eigenvalue weighted by molar-refractivity contribution is 0.522. The van der Waals surface area contributed by atoms with Crippen LogP contribution in [-0.2, 0) is 12.8 Å². The van der Waals surface area contributed by atoms with E-state index in [0.717, 1.165) is 17.3 Å². The monoisotopic (exact) mass is 346 g/mol. The molecule has 2 aromatic carbocycles. The van der Waals surface area contributed by atoms with Gasteiger partial charge in [0.2, 0.25) is 0 Å². The highest BCUT2D eigenvalue weighted by Crippen LogP contribution is 2.17. The Hall–Kier alpha value is -1.16. The van der Waals surface area contributed by atoms with Gasteiger partial charge in [0.25, 0.3) is 0 Å². The maximum atomic E-state index is 5.72. The molecule has 21 heavy (non-hydrogen) atoms. The fourth-order valence-corrected chi connectivity index (χ4v) is 2.68. The predicted molar refractivity (Wildman–Crippen MR) is 93.2 cm³/mol. The molecule has 0 radical (unpaired) electrons. The van der Waals surface area contributed by atoms with Crippen molar-refractivity contribution in [2.24, 2.45) is 5.84 Å². The van der Waals surface area contributed by atoms with Gasteiger partial charge in [0, 0.05) is 10.5 Å². The van der Waals surface area contributed by atoms with E-state index >= 15 is 0 Å². The van der Waals surface area contributed by atoms with Crippen molar-refractivity contribution in [3.8, 4) is 0 Å². The zero-order valence-corrected chi connectivity index (χ0v) is 14.2. The molecule has 2 aromatic rings. The molecule has 0 spiro atoms. The molecule has 1 unspecified atom stereocenters. The smallest absolute Gasteiger partial charge is 0.0291 e. The second-order valence-corrected chi connectivity index (χ2v) is 6.71. The van der Waals surface area contributed by atoms with Crippen LogP contribution < -0.4 is 11.3 Å². The van der Waals surface area contributed by atoms with Crippen LogP contribution in [0.25, 0.3) is 0 Å². The summed E-state index contributed by atoms with van der Waals surface area (Å²) in [7, 11) is 0. The lowest BCUT2D eigenvalue weighted by Gasteiger charge is -2.17. The van der Waals surface area contributed by atoms with Crippen molar-refractivity contribution in [2.45, 2.75) is 38.6 Å². The Bertz CT molecular complexity index is 546. The number of nitrogens with two attached hydrogens (primary N) is 1. The molecule has 0 bridgehead atoms. The summed E-state index contributed by atoms with van der Waals surface area (Å²) in [6, 6.07) is 17.5. The minimum absolute atomic E-state index is 0.246. The Balaban J connectivity index is 1.99. The third-order valence-corrected chi connectivity index (χ3v) is 4.29. The highest BCUT2D eigenvalue weighted by molar-refractivity contribution is 9.10. The molecule has 0 aromatic heterocycles. The van der Waals surface area contributed by atoms with Crippen LogP contribution in [0.2, 0.25) is 0 Å². The number of halogens is 1. The maximum Gasteiger partial charge on any atom is 0.0291 e. The van der Waals surface area contributed by atoms with E-state index in [4.69, 9.17) is 5.84 Å². The average Bonchev–Trinajstić information content (AvgIpc) is 2.49. The van der Waals surface area contributed by atoms with E-state index in [1.807, 2.05) is 0 Å². The number of benzene rings is 2. The highest BCUT2D eigenvalue weighted by atomic mass is 79.9. The van der Waals surface area contributed by atoms with Crippen molar-refractivity contribution in [3.63, 3.8) is 0 Å². The molecule has 0 aliphatic carbocycles.